The van der Waals surface area contributed by atoms with Crippen LogP contribution in [0.3, 0.4) is 0 Å². The van der Waals surface area contributed by atoms with Gasteiger partial charge in [-0.3, -0.25) is 0 Å². The van der Waals surface area contributed by atoms with E-state index in [0.29, 0.717) is 22.9 Å². The minimum Gasteiger partial charge on any atom is -0.497 e. The maximum absolute atomic E-state index is 13.3. The van der Waals surface area contributed by atoms with Gasteiger partial charge < -0.3 is 23.8 Å². The fourth-order valence-corrected chi connectivity index (χ4v) is 4.35. The van der Waals surface area contributed by atoms with Gasteiger partial charge in [-0.2, -0.15) is 0 Å². The largest absolute Gasteiger partial charge is 0.497 e. The average Bonchev–Trinajstić information content (AvgIpc) is 3.19. The van der Waals surface area contributed by atoms with Gasteiger partial charge in [0, 0.05) is 39.4 Å². The van der Waals surface area contributed by atoms with E-state index in [-0.39, 0.29) is 0 Å². The first-order valence-corrected chi connectivity index (χ1v) is 11.5. The van der Waals surface area contributed by atoms with Crippen molar-refractivity contribution < 1.29 is 28.5 Å². The van der Waals surface area contributed by atoms with E-state index in [1.54, 1.807) is 65.0 Å². The summed E-state index contributed by atoms with van der Waals surface area (Å²) < 4.78 is 22.9. The summed E-state index contributed by atoms with van der Waals surface area (Å²) in [7, 11) is 3.08. The van der Waals surface area contributed by atoms with Gasteiger partial charge in [0.15, 0.2) is 0 Å². The molecule has 0 radical (unpaired) electrons. The van der Waals surface area contributed by atoms with Crippen LogP contribution in [-0.4, -0.2) is 44.4 Å². The molecule has 0 aliphatic carbocycles. The van der Waals surface area contributed by atoms with Crippen molar-refractivity contribution in [3.8, 4) is 11.5 Å². The zero-order valence-corrected chi connectivity index (χ0v) is 20.5. The number of carbonyl (C=O) groups excluding carboxylic acids is 2. The van der Waals surface area contributed by atoms with Gasteiger partial charge in [-0.1, -0.05) is 18.2 Å². The summed E-state index contributed by atoms with van der Waals surface area (Å²) in [5, 5.41) is 2.80. The van der Waals surface area contributed by atoms with Crippen molar-refractivity contribution in [3.63, 3.8) is 0 Å². The molecule has 0 saturated carbocycles. The van der Waals surface area contributed by atoms with E-state index >= 15 is 0 Å². The lowest BCUT2D eigenvalue weighted by molar-refractivity contribution is -0.160. The molecule has 2 aromatic carbocycles. The Morgan fingerprint density at radius 2 is 1.39 bits per heavy atom. The third-order valence-electron chi connectivity index (χ3n) is 4.74. The van der Waals surface area contributed by atoms with E-state index in [2.05, 4.69) is 0 Å². The molecule has 0 N–H and O–H groups in total. The number of anilines is 2. The molecule has 0 aliphatic rings. The fourth-order valence-electron chi connectivity index (χ4n) is 3.41. The van der Waals surface area contributed by atoms with Crippen molar-refractivity contribution in [2.45, 2.75) is 45.9 Å². The first kappa shape index (κ1) is 24.4. The lowest BCUT2D eigenvalue weighted by atomic mass is 10.1. The second-order valence-corrected chi connectivity index (χ2v) is 8.84. The van der Waals surface area contributed by atoms with Crippen LogP contribution in [-0.2, 0) is 19.1 Å². The van der Waals surface area contributed by atoms with Crippen LogP contribution >= 0.6 is 11.3 Å². The standard InChI is InChI=1S/C25H29NO6S/c1-15(2)31-24(27)23(25(28)32-16(3)4)26(17-11-18(29-5)13-19(12-17)30-6)21-14-33-22-10-8-7-9-20(21)22/h7-16,23H,1-6H3. The van der Waals surface area contributed by atoms with E-state index in [1.165, 1.54) is 11.3 Å². The fraction of sp³-hybridized carbons (Fsp3) is 0.360. The zero-order valence-electron chi connectivity index (χ0n) is 19.7. The van der Waals surface area contributed by atoms with Crippen molar-refractivity contribution >= 4 is 44.7 Å². The molecule has 0 bridgehead atoms. The predicted molar refractivity (Wildman–Crippen MR) is 130 cm³/mol. The summed E-state index contributed by atoms with van der Waals surface area (Å²) in [5.74, 6) is -0.371. The van der Waals surface area contributed by atoms with Gasteiger partial charge in [-0.05, 0) is 33.8 Å². The summed E-state index contributed by atoms with van der Waals surface area (Å²) >= 11 is 1.52. The normalized spacial score (nSPS) is 11.2. The molecule has 176 valence electrons. The van der Waals surface area contributed by atoms with Crippen molar-refractivity contribution in [1.82, 2.24) is 0 Å². The molecule has 1 aromatic heterocycles. The van der Waals surface area contributed by atoms with Crippen LogP contribution in [0.15, 0.2) is 47.8 Å². The monoisotopic (exact) mass is 471 g/mol. The average molecular weight is 472 g/mol. The molecule has 3 rings (SSSR count). The van der Waals surface area contributed by atoms with Gasteiger partial charge in [0.1, 0.15) is 11.5 Å². The number of rotatable bonds is 9. The Labute approximate surface area is 197 Å². The molecular weight excluding hydrogens is 442 g/mol. The van der Waals surface area contributed by atoms with E-state index in [4.69, 9.17) is 18.9 Å². The van der Waals surface area contributed by atoms with E-state index in [1.807, 2.05) is 29.6 Å². The van der Waals surface area contributed by atoms with Crippen LogP contribution in [0.5, 0.6) is 11.5 Å². The Hall–Kier alpha value is -3.26. The molecular formula is C25H29NO6S. The number of thiophene rings is 1. The van der Waals surface area contributed by atoms with Crippen LogP contribution in [0.4, 0.5) is 11.4 Å². The van der Waals surface area contributed by atoms with Crippen LogP contribution in [0.1, 0.15) is 27.7 Å². The number of carbonyl (C=O) groups is 2. The Balaban J connectivity index is 2.27. The van der Waals surface area contributed by atoms with Crippen molar-refractivity contribution in [1.29, 1.82) is 0 Å². The Morgan fingerprint density at radius 3 is 1.91 bits per heavy atom. The number of hydrogen-bond donors (Lipinski definition) is 0. The summed E-state index contributed by atoms with van der Waals surface area (Å²) in [6.07, 6.45) is -0.819. The summed E-state index contributed by atoms with van der Waals surface area (Å²) in [6.45, 7) is 6.95. The first-order chi connectivity index (χ1) is 15.7. The highest BCUT2D eigenvalue weighted by Gasteiger charge is 2.39. The number of esters is 2. The summed E-state index contributed by atoms with van der Waals surface area (Å²) in [5.41, 5.74) is 1.21. The van der Waals surface area contributed by atoms with Gasteiger partial charge in [0.05, 0.1) is 32.1 Å². The van der Waals surface area contributed by atoms with Gasteiger partial charge in [0.25, 0.3) is 0 Å². The van der Waals surface area contributed by atoms with Gasteiger partial charge in [-0.15, -0.1) is 11.3 Å². The zero-order chi connectivity index (χ0) is 24.1. The van der Waals surface area contributed by atoms with Crippen molar-refractivity contribution in [2.75, 3.05) is 19.1 Å². The SMILES string of the molecule is COc1cc(OC)cc(N(c2csc3ccccc23)C(C(=O)OC(C)C)C(=O)OC(C)C)c1. The number of fused-ring (bicyclic) bond motifs is 1. The third-order valence-corrected chi connectivity index (χ3v) is 5.69. The van der Waals surface area contributed by atoms with Crippen LogP contribution < -0.4 is 14.4 Å². The van der Waals surface area contributed by atoms with Crippen LogP contribution in [0, 0.1) is 0 Å². The number of benzene rings is 2. The highest BCUT2D eigenvalue weighted by Crippen LogP contribution is 2.41. The Kier molecular flexibility index (Phi) is 7.81. The first-order valence-electron chi connectivity index (χ1n) is 10.6. The molecule has 0 fully saturated rings. The van der Waals surface area contributed by atoms with E-state index < -0.39 is 30.2 Å². The molecule has 0 amide bonds. The molecule has 3 aromatic rings. The second-order valence-electron chi connectivity index (χ2n) is 7.93. The minimum absolute atomic E-state index is 0.409. The highest BCUT2D eigenvalue weighted by atomic mass is 32.1. The molecule has 0 aliphatic heterocycles. The topological polar surface area (TPSA) is 74.3 Å². The lowest BCUT2D eigenvalue weighted by Crippen LogP contribution is -2.47. The van der Waals surface area contributed by atoms with Crippen LogP contribution in [0.25, 0.3) is 10.1 Å². The lowest BCUT2D eigenvalue weighted by Gasteiger charge is -2.31. The third kappa shape index (κ3) is 5.57. The maximum Gasteiger partial charge on any atom is 0.341 e. The molecule has 7 nitrogen and oxygen atoms in total. The molecule has 0 spiro atoms. The van der Waals surface area contributed by atoms with Crippen LogP contribution in [0.2, 0.25) is 0 Å². The van der Waals surface area contributed by atoms with E-state index in [0.717, 1.165) is 10.1 Å². The number of nitrogens with zero attached hydrogens (tertiary/aromatic N) is 1. The minimum atomic E-state index is -1.37. The van der Waals surface area contributed by atoms with Crippen molar-refractivity contribution in [3.05, 3.63) is 47.8 Å². The number of ether oxygens (including phenoxy) is 4. The molecule has 8 heteroatoms. The molecule has 0 unspecified atom stereocenters. The van der Waals surface area contributed by atoms with Crippen molar-refractivity contribution in [2.24, 2.45) is 0 Å². The second kappa shape index (κ2) is 10.6. The van der Waals surface area contributed by atoms with Gasteiger partial charge >= 0.3 is 11.9 Å². The number of methoxy groups -OCH3 is 2. The van der Waals surface area contributed by atoms with Gasteiger partial charge in [-0.25, -0.2) is 9.59 Å². The quantitative estimate of drug-likeness (QED) is 0.308. The molecule has 33 heavy (non-hydrogen) atoms. The Bertz CT molecular complexity index is 1080. The highest BCUT2D eigenvalue weighted by molar-refractivity contribution is 7.17. The smallest absolute Gasteiger partial charge is 0.341 e. The van der Waals surface area contributed by atoms with E-state index in [9.17, 15) is 9.59 Å². The number of hydrogen-bond acceptors (Lipinski definition) is 8. The molecule has 1 heterocycles. The van der Waals surface area contributed by atoms with Gasteiger partial charge in [0.2, 0.25) is 6.04 Å². The maximum atomic E-state index is 13.3. The predicted octanol–water partition coefficient (Wildman–Crippen LogP) is 5.33. The summed E-state index contributed by atoms with van der Waals surface area (Å²) in [4.78, 5) is 28.3. The Morgan fingerprint density at radius 1 is 0.848 bits per heavy atom. The molecule has 0 atom stereocenters. The summed E-state index contributed by atoms with van der Waals surface area (Å²) in [6, 6.07) is 11.6. The molecule has 0 saturated heterocycles.